The van der Waals surface area contributed by atoms with Crippen LogP contribution in [-0.4, -0.2) is 35.4 Å². The first-order valence-electron chi connectivity index (χ1n) is 9.41. The molecule has 2 aromatic rings. The third-order valence-corrected chi connectivity index (χ3v) is 5.48. The number of fused-ring (bicyclic) bond motifs is 2. The molecule has 0 amide bonds. The number of esters is 1. The van der Waals surface area contributed by atoms with E-state index < -0.39 is 17.5 Å². The van der Waals surface area contributed by atoms with E-state index in [4.69, 9.17) is 25.8 Å². The van der Waals surface area contributed by atoms with Gasteiger partial charge in [0.15, 0.2) is 29.3 Å². The van der Waals surface area contributed by atoms with Crippen LogP contribution in [0.15, 0.2) is 0 Å². The molecule has 9 heteroatoms. The van der Waals surface area contributed by atoms with E-state index in [-0.39, 0.29) is 74.0 Å². The molecule has 1 aliphatic heterocycles. The van der Waals surface area contributed by atoms with E-state index >= 15 is 0 Å². The molecular weight excluding hydrogens is 428 g/mol. The molecule has 0 unspecified atom stereocenters. The van der Waals surface area contributed by atoms with Crippen LogP contribution in [0.1, 0.15) is 62.5 Å². The van der Waals surface area contributed by atoms with Crippen molar-refractivity contribution in [3.05, 3.63) is 32.8 Å². The van der Waals surface area contributed by atoms with Crippen molar-refractivity contribution in [1.29, 1.82) is 0 Å². The summed E-state index contributed by atoms with van der Waals surface area (Å²) in [4.78, 5) is 37.4. The highest BCUT2D eigenvalue weighted by atomic mass is 35.5. The van der Waals surface area contributed by atoms with E-state index in [1.54, 1.807) is 0 Å². The number of ketones is 1. The molecule has 8 nitrogen and oxygen atoms in total. The Hall–Kier alpha value is -3.26. The molecule has 3 rings (SSSR count). The first kappa shape index (κ1) is 22.4. The van der Waals surface area contributed by atoms with Crippen molar-refractivity contribution in [3.8, 4) is 34.5 Å². The molecule has 0 radical (unpaired) electrons. The summed E-state index contributed by atoms with van der Waals surface area (Å²) in [6.45, 7) is 6.71. The molecule has 0 atom stereocenters. The molecule has 0 fully saturated rings. The Morgan fingerprint density at radius 2 is 1.74 bits per heavy atom. The number of aromatic hydroxyl groups is 2. The zero-order valence-corrected chi connectivity index (χ0v) is 18.3. The Morgan fingerprint density at radius 3 is 2.29 bits per heavy atom. The average Bonchev–Trinajstić information content (AvgIpc) is 2.85. The average molecular weight is 449 g/mol. The smallest absolute Gasteiger partial charge is 0.347 e. The molecule has 2 aromatic carbocycles. The van der Waals surface area contributed by atoms with E-state index in [9.17, 15) is 24.6 Å². The number of benzene rings is 2. The minimum Gasteiger partial charge on any atom is -0.505 e. The lowest BCUT2D eigenvalue weighted by atomic mass is 9.95. The SMILES string of the molecule is COc1c(O)c2c(c(C)c1C(=O)CC(C)C)Oc1c(C=O)c(O)c(Cl)c(C)c1C(=O)O2. The fourth-order valence-corrected chi connectivity index (χ4v) is 3.73. The van der Waals surface area contributed by atoms with E-state index in [2.05, 4.69) is 0 Å². The second-order valence-corrected chi connectivity index (χ2v) is 7.95. The van der Waals surface area contributed by atoms with Gasteiger partial charge in [-0.05, 0) is 25.3 Å². The van der Waals surface area contributed by atoms with Gasteiger partial charge >= 0.3 is 5.97 Å². The van der Waals surface area contributed by atoms with Gasteiger partial charge < -0.3 is 24.4 Å². The third-order valence-electron chi connectivity index (χ3n) is 5.02. The number of halogens is 1. The van der Waals surface area contributed by atoms with Crippen LogP contribution in [0.4, 0.5) is 0 Å². The van der Waals surface area contributed by atoms with Crippen molar-refractivity contribution in [2.75, 3.05) is 7.11 Å². The van der Waals surface area contributed by atoms with E-state index in [0.29, 0.717) is 6.29 Å². The molecule has 31 heavy (non-hydrogen) atoms. The lowest BCUT2D eigenvalue weighted by Gasteiger charge is -2.19. The highest BCUT2D eigenvalue weighted by Gasteiger charge is 2.37. The van der Waals surface area contributed by atoms with Crippen molar-refractivity contribution in [2.45, 2.75) is 34.1 Å². The van der Waals surface area contributed by atoms with Crippen LogP contribution in [-0.2, 0) is 0 Å². The zero-order valence-electron chi connectivity index (χ0n) is 17.6. The summed E-state index contributed by atoms with van der Waals surface area (Å²) in [6.07, 6.45) is 0.461. The van der Waals surface area contributed by atoms with Gasteiger partial charge in [0.1, 0.15) is 16.9 Å². The number of ether oxygens (including phenoxy) is 3. The topological polar surface area (TPSA) is 119 Å². The standard InChI is InChI=1S/C22H21ClO8/c1-8(2)6-12(25)13-10(4)18-21(17(27)20(13)29-5)31-22(28)14-9(3)15(23)16(26)11(7-24)19(14)30-18/h7-8,26-27H,6H2,1-5H3. The van der Waals surface area contributed by atoms with Crippen LogP contribution in [0.3, 0.4) is 0 Å². The van der Waals surface area contributed by atoms with Gasteiger partial charge in [0.25, 0.3) is 0 Å². The van der Waals surface area contributed by atoms with Gasteiger partial charge in [0, 0.05) is 12.0 Å². The zero-order chi connectivity index (χ0) is 23.2. The fourth-order valence-electron chi connectivity index (χ4n) is 3.53. The van der Waals surface area contributed by atoms with Crippen molar-refractivity contribution in [3.63, 3.8) is 0 Å². The summed E-state index contributed by atoms with van der Waals surface area (Å²) in [5.41, 5.74) is -0.124. The number of carbonyl (C=O) groups excluding carboxylic acids is 3. The Kier molecular flexibility index (Phi) is 5.87. The predicted octanol–water partition coefficient (Wildman–Crippen LogP) is 4.74. The number of phenolic OH excluding ortho intramolecular Hbond substituents is 2. The van der Waals surface area contributed by atoms with Gasteiger partial charge in [0.05, 0.1) is 17.7 Å². The second kappa shape index (κ2) is 8.11. The molecule has 0 aliphatic carbocycles. The van der Waals surface area contributed by atoms with Crippen molar-refractivity contribution in [2.24, 2.45) is 5.92 Å². The van der Waals surface area contributed by atoms with Crippen LogP contribution in [0.25, 0.3) is 0 Å². The molecule has 1 aliphatic rings. The molecule has 0 spiro atoms. The van der Waals surface area contributed by atoms with Gasteiger partial charge in [-0.2, -0.15) is 0 Å². The number of Topliss-reactive ketones (excluding diaryl/α,β-unsaturated/α-hetero) is 1. The molecule has 0 saturated carbocycles. The van der Waals surface area contributed by atoms with Crippen LogP contribution in [0.5, 0.6) is 34.5 Å². The molecule has 0 bridgehead atoms. The van der Waals surface area contributed by atoms with Crippen LogP contribution in [0, 0.1) is 19.8 Å². The first-order valence-corrected chi connectivity index (χ1v) is 9.79. The van der Waals surface area contributed by atoms with Crippen LogP contribution >= 0.6 is 11.6 Å². The summed E-state index contributed by atoms with van der Waals surface area (Å²) in [5.74, 6) is -3.37. The van der Waals surface area contributed by atoms with Gasteiger partial charge in [-0.1, -0.05) is 25.4 Å². The summed E-state index contributed by atoms with van der Waals surface area (Å²) in [7, 11) is 1.27. The quantitative estimate of drug-likeness (QED) is 0.291. The highest BCUT2D eigenvalue weighted by Crippen LogP contribution is 2.54. The Morgan fingerprint density at radius 1 is 1.10 bits per heavy atom. The number of rotatable bonds is 5. The molecular formula is C22H21ClO8. The maximum Gasteiger partial charge on any atom is 0.347 e. The molecule has 0 saturated heterocycles. The lowest BCUT2D eigenvalue weighted by molar-refractivity contribution is 0.0731. The fraction of sp³-hybridized carbons (Fsp3) is 0.318. The number of aldehydes is 1. The monoisotopic (exact) mass is 448 g/mol. The number of carbonyl (C=O) groups is 3. The van der Waals surface area contributed by atoms with E-state index in [1.165, 1.54) is 21.0 Å². The van der Waals surface area contributed by atoms with E-state index in [0.717, 1.165) is 0 Å². The lowest BCUT2D eigenvalue weighted by Crippen LogP contribution is -2.12. The Balaban J connectivity index is 2.38. The minimum absolute atomic E-state index is 0.0282. The molecule has 164 valence electrons. The van der Waals surface area contributed by atoms with Gasteiger partial charge in [-0.15, -0.1) is 0 Å². The minimum atomic E-state index is -0.964. The maximum atomic E-state index is 12.9. The largest absolute Gasteiger partial charge is 0.505 e. The Labute approximate surface area is 183 Å². The van der Waals surface area contributed by atoms with Crippen LogP contribution in [0.2, 0.25) is 5.02 Å². The number of phenols is 2. The Bertz CT molecular complexity index is 1130. The predicted molar refractivity (Wildman–Crippen MR) is 111 cm³/mol. The normalized spacial score (nSPS) is 12.4. The summed E-state index contributed by atoms with van der Waals surface area (Å²) < 4.78 is 16.5. The molecule has 2 N–H and O–H groups in total. The second-order valence-electron chi connectivity index (χ2n) is 7.58. The van der Waals surface area contributed by atoms with Gasteiger partial charge in [-0.25, -0.2) is 4.79 Å². The summed E-state index contributed by atoms with van der Waals surface area (Å²) >= 11 is 6.07. The highest BCUT2D eigenvalue weighted by molar-refractivity contribution is 6.34. The molecule has 1 heterocycles. The van der Waals surface area contributed by atoms with Gasteiger partial charge in [0.2, 0.25) is 11.5 Å². The van der Waals surface area contributed by atoms with Gasteiger partial charge in [-0.3, -0.25) is 9.59 Å². The van der Waals surface area contributed by atoms with Crippen molar-refractivity contribution < 1.29 is 38.8 Å². The number of hydrogen-bond donors (Lipinski definition) is 2. The summed E-state index contributed by atoms with van der Waals surface area (Å²) in [5, 5.41) is 20.9. The third kappa shape index (κ3) is 3.46. The van der Waals surface area contributed by atoms with Crippen LogP contribution < -0.4 is 14.2 Å². The molecule has 0 aromatic heterocycles. The van der Waals surface area contributed by atoms with Crippen molar-refractivity contribution >= 4 is 29.6 Å². The van der Waals surface area contributed by atoms with E-state index in [1.807, 2.05) is 13.8 Å². The first-order chi connectivity index (χ1) is 14.5. The maximum absolute atomic E-state index is 12.9. The summed E-state index contributed by atoms with van der Waals surface area (Å²) in [6, 6.07) is 0. The number of methoxy groups -OCH3 is 1. The van der Waals surface area contributed by atoms with Crippen molar-refractivity contribution in [1.82, 2.24) is 0 Å². The number of hydrogen-bond acceptors (Lipinski definition) is 8.